The van der Waals surface area contributed by atoms with Gasteiger partial charge in [0.15, 0.2) is 0 Å². The summed E-state index contributed by atoms with van der Waals surface area (Å²) in [5.41, 5.74) is 2.69. The van der Waals surface area contributed by atoms with Crippen molar-refractivity contribution in [2.24, 2.45) is 5.41 Å². The molecule has 0 radical (unpaired) electrons. The van der Waals surface area contributed by atoms with Crippen LogP contribution in [0.4, 0.5) is 0 Å². The maximum absolute atomic E-state index is 12.9. The summed E-state index contributed by atoms with van der Waals surface area (Å²) in [7, 11) is 0. The zero-order valence-electron chi connectivity index (χ0n) is 14.2. The third kappa shape index (κ3) is 2.60. The van der Waals surface area contributed by atoms with E-state index in [0.717, 1.165) is 17.1 Å². The van der Waals surface area contributed by atoms with Crippen LogP contribution in [0.25, 0.3) is 5.69 Å². The van der Waals surface area contributed by atoms with Gasteiger partial charge in [-0.15, -0.1) is 0 Å². The summed E-state index contributed by atoms with van der Waals surface area (Å²) in [6.07, 6.45) is 0.492. The molecule has 0 aliphatic carbocycles. The Hall–Kier alpha value is -2.56. The number of carbonyl (C=O) groups is 2. The Bertz CT molecular complexity index is 794. The summed E-state index contributed by atoms with van der Waals surface area (Å²) in [6, 6.07) is 11.8. The maximum atomic E-state index is 12.9. The minimum atomic E-state index is -0.847. The van der Waals surface area contributed by atoms with Crippen molar-refractivity contribution in [2.45, 2.75) is 27.2 Å². The lowest BCUT2D eigenvalue weighted by Crippen LogP contribution is -2.35. The van der Waals surface area contributed by atoms with Gasteiger partial charge in [-0.3, -0.25) is 9.59 Å². The van der Waals surface area contributed by atoms with Crippen LogP contribution in [0.2, 0.25) is 0 Å². The van der Waals surface area contributed by atoms with Crippen LogP contribution >= 0.6 is 0 Å². The lowest BCUT2D eigenvalue weighted by atomic mass is 9.90. The van der Waals surface area contributed by atoms with Gasteiger partial charge in [0, 0.05) is 30.2 Å². The molecule has 2 aromatic rings. The molecular formula is C19H22N2O3. The number of aromatic nitrogens is 1. The first kappa shape index (κ1) is 16.3. The SMILES string of the molecule is Cc1cc(C(=O)N2CCC(C)(C(=O)O)C2)c(C)n1-c1ccccc1. The fourth-order valence-electron chi connectivity index (χ4n) is 3.43. The first-order valence-electron chi connectivity index (χ1n) is 8.10. The van der Waals surface area contributed by atoms with Gasteiger partial charge >= 0.3 is 5.97 Å². The second-order valence-electron chi connectivity index (χ2n) is 6.80. The number of likely N-dealkylation sites (tertiary alicyclic amines) is 1. The molecule has 1 N–H and O–H groups in total. The highest BCUT2D eigenvalue weighted by Gasteiger charge is 2.42. The van der Waals surface area contributed by atoms with Crippen molar-refractivity contribution < 1.29 is 14.7 Å². The molecule has 1 atom stereocenters. The van der Waals surface area contributed by atoms with E-state index in [1.54, 1.807) is 11.8 Å². The topological polar surface area (TPSA) is 62.5 Å². The zero-order chi connectivity index (χ0) is 17.5. The molecule has 1 saturated heterocycles. The second kappa shape index (κ2) is 5.82. The Labute approximate surface area is 141 Å². The van der Waals surface area contributed by atoms with Crippen molar-refractivity contribution >= 4 is 11.9 Å². The van der Waals surface area contributed by atoms with E-state index >= 15 is 0 Å². The van der Waals surface area contributed by atoms with E-state index in [0.29, 0.717) is 18.5 Å². The van der Waals surface area contributed by atoms with E-state index in [9.17, 15) is 14.7 Å². The van der Waals surface area contributed by atoms with E-state index in [1.165, 1.54) is 0 Å². The van der Waals surface area contributed by atoms with E-state index in [4.69, 9.17) is 0 Å². The molecule has 1 aliphatic rings. The molecule has 24 heavy (non-hydrogen) atoms. The third-order valence-corrected chi connectivity index (χ3v) is 4.95. The van der Waals surface area contributed by atoms with E-state index in [1.807, 2.05) is 50.2 Å². The van der Waals surface area contributed by atoms with Crippen molar-refractivity contribution in [1.29, 1.82) is 0 Å². The van der Waals surface area contributed by atoms with Gasteiger partial charge in [0.25, 0.3) is 5.91 Å². The number of rotatable bonds is 3. The van der Waals surface area contributed by atoms with Gasteiger partial charge in [-0.05, 0) is 45.4 Å². The van der Waals surface area contributed by atoms with Crippen molar-refractivity contribution in [3.05, 3.63) is 53.3 Å². The lowest BCUT2D eigenvalue weighted by molar-refractivity contribution is -0.147. The number of hydrogen-bond donors (Lipinski definition) is 1. The van der Waals surface area contributed by atoms with Crippen molar-refractivity contribution in [2.75, 3.05) is 13.1 Å². The third-order valence-electron chi connectivity index (χ3n) is 4.95. The Morgan fingerprint density at radius 2 is 1.83 bits per heavy atom. The molecule has 0 spiro atoms. The summed E-state index contributed by atoms with van der Waals surface area (Å²) in [6.45, 7) is 6.35. The zero-order valence-corrected chi connectivity index (χ0v) is 14.2. The van der Waals surface area contributed by atoms with Crippen LogP contribution in [0, 0.1) is 19.3 Å². The molecule has 0 saturated carbocycles. The molecule has 1 aromatic carbocycles. The van der Waals surface area contributed by atoms with Gasteiger partial charge < -0.3 is 14.6 Å². The average molecular weight is 326 g/mol. The predicted molar refractivity (Wildman–Crippen MR) is 91.5 cm³/mol. The molecule has 1 aromatic heterocycles. The highest BCUT2D eigenvalue weighted by Crippen LogP contribution is 2.32. The minimum Gasteiger partial charge on any atom is -0.481 e. The van der Waals surface area contributed by atoms with Crippen molar-refractivity contribution in [1.82, 2.24) is 9.47 Å². The molecule has 5 heteroatoms. The minimum absolute atomic E-state index is 0.0877. The first-order chi connectivity index (χ1) is 11.3. The number of carboxylic acid groups (broad SMARTS) is 1. The summed E-state index contributed by atoms with van der Waals surface area (Å²) < 4.78 is 2.06. The van der Waals surface area contributed by atoms with Crippen LogP contribution in [-0.4, -0.2) is 39.5 Å². The number of benzene rings is 1. The number of hydrogen-bond acceptors (Lipinski definition) is 2. The molecule has 1 aliphatic heterocycles. The highest BCUT2D eigenvalue weighted by atomic mass is 16.4. The Morgan fingerprint density at radius 3 is 2.42 bits per heavy atom. The summed E-state index contributed by atoms with van der Waals surface area (Å²) >= 11 is 0. The standard InChI is InChI=1S/C19H22N2O3/c1-13-11-16(14(2)21(13)15-7-5-4-6-8-15)17(22)20-10-9-19(3,12-20)18(23)24/h4-8,11H,9-10,12H2,1-3H3,(H,23,24). The predicted octanol–water partition coefficient (Wildman–Crippen LogP) is 3.03. The average Bonchev–Trinajstić information content (AvgIpc) is 3.09. The molecule has 3 rings (SSSR count). The fraction of sp³-hybridized carbons (Fsp3) is 0.368. The highest BCUT2D eigenvalue weighted by molar-refractivity contribution is 5.96. The molecule has 5 nitrogen and oxygen atoms in total. The molecule has 1 amide bonds. The van der Waals surface area contributed by atoms with Crippen molar-refractivity contribution in [3.63, 3.8) is 0 Å². The maximum Gasteiger partial charge on any atom is 0.311 e. The monoisotopic (exact) mass is 326 g/mol. The number of carboxylic acids is 1. The van der Waals surface area contributed by atoms with Gasteiger partial charge in [-0.2, -0.15) is 0 Å². The van der Waals surface area contributed by atoms with Crippen LogP contribution in [0.1, 0.15) is 35.1 Å². The van der Waals surface area contributed by atoms with Crippen LogP contribution in [0.5, 0.6) is 0 Å². The van der Waals surface area contributed by atoms with Gasteiger partial charge in [-0.1, -0.05) is 18.2 Å². The number of aliphatic carboxylic acids is 1. The number of amides is 1. The van der Waals surface area contributed by atoms with Crippen molar-refractivity contribution in [3.8, 4) is 5.69 Å². The summed E-state index contributed by atoms with van der Waals surface area (Å²) in [5.74, 6) is -0.928. The number of nitrogens with zero attached hydrogens (tertiary/aromatic N) is 2. The Balaban J connectivity index is 1.92. The summed E-state index contributed by atoms with van der Waals surface area (Å²) in [5, 5.41) is 9.35. The fourth-order valence-corrected chi connectivity index (χ4v) is 3.43. The molecule has 1 unspecified atom stereocenters. The number of carbonyl (C=O) groups excluding carboxylic acids is 1. The van der Waals surface area contributed by atoms with Crippen LogP contribution < -0.4 is 0 Å². The Kier molecular flexibility index (Phi) is 3.95. The van der Waals surface area contributed by atoms with Crippen LogP contribution in [-0.2, 0) is 4.79 Å². The second-order valence-corrected chi connectivity index (χ2v) is 6.80. The van der Waals surface area contributed by atoms with Gasteiger partial charge in [0.1, 0.15) is 0 Å². The van der Waals surface area contributed by atoms with Crippen LogP contribution in [0.15, 0.2) is 36.4 Å². The number of para-hydroxylation sites is 1. The van der Waals surface area contributed by atoms with E-state index in [2.05, 4.69) is 4.57 Å². The molecule has 2 heterocycles. The first-order valence-corrected chi connectivity index (χ1v) is 8.10. The van der Waals surface area contributed by atoms with Gasteiger partial charge in [0.2, 0.25) is 0 Å². The van der Waals surface area contributed by atoms with Gasteiger partial charge in [-0.25, -0.2) is 0 Å². The smallest absolute Gasteiger partial charge is 0.311 e. The molecule has 126 valence electrons. The van der Waals surface area contributed by atoms with Gasteiger partial charge in [0.05, 0.1) is 11.0 Å². The number of aryl methyl sites for hydroxylation is 1. The molecule has 1 fully saturated rings. The molecular weight excluding hydrogens is 304 g/mol. The quantitative estimate of drug-likeness (QED) is 0.943. The van der Waals surface area contributed by atoms with E-state index in [-0.39, 0.29) is 12.5 Å². The largest absolute Gasteiger partial charge is 0.481 e. The molecule has 0 bridgehead atoms. The lowest BCUT2D eigenvalue weighted by Gasteiger charge is -2.20. The normalized spacial score (nSPS) is 20.4. The van der Waals surface area contributed by atoms with Crippen LogP contribution in [0.3, 0.4) is 0 Å². The van der Waals surface area contributed by atoms with E-state index < -0.39 is 11.4 Å². The Morgan fingerprint density at radius 1 is 1.17 bits per heavy atom. The summed E-state index contributed by atoms with van der Waals surface area (Å²) in [4.78, 5) is 25.9.